The first kappa shape index (κ1) is 14.9. The second kappa shape index (κ2) is 12.0. The fourth-order valence-corrected chi connectivity index (χ4v) is 1.28. The quantitative estimate of drug-likeness (QED) is 0.361. The number of carbonyl (C=O) groups is 1. The largest absolute Gasteiger partial charge is 0.353 e. The minimum atomic E-state index is 0.00616. The minimum absolute atomic E-state index is 0.00616. The Kier molecular flexibility index (Phi) is 11.2. The van der Waals surface area contributed by atoms with Crippen LogP contribution in [0.5, 0.6) is 0 Å². The Hall–Kier alpha value is -1.05. The van der Waals surface area contributed by atoms with E-state index >= 15 is 0 Å². The lowest BCUT2D eigenvalue weighted by atomic mass is 10.2. The highest BCUT2D eigenvalue weighted by molar-refractivity contribution is 5.87. The normalized spacial score (nSPS) is 11.4. The van der Waals surface area contributed by atoms with E-state index in [1.165, 1.54) is 19.3 Å². The van der Waals surface area contributed by atoms with Gasteiger partial charge in [-0.1, -0.05) is 51.3 Å². The number of amides is 1. The molecule has 0 aromatic carbocycles. The molecule has 0 rings (SSSR count). The molecular weight excluding hydrogens is 198 g/mol. The van der Waals surface area contributed by atoms with E-state index in [9.17, 15) is 4.79 Å². The molecule has 0 radical (unpaired) electrons. The summed E-state index contributed by atoms with van der Waals surface area (Å²) in [4.78, 5) is 11.2. The van der Waals surface area contributed by atoms with Crippen molar-refractivity contribution in [3.8, 4) is 0 Å². The Morgan fingerprint density at radius 1 is 1.06 bits per heavy atom. The summed E-state index contributed by atoms with van der Waals surface area (Å²) in [5.41, 5.74) is 0. The number of nitrogens with one attached hydrogen (secondary N) is 1. The van der Waals surface area contributed by atoms with Gasteiger partial charge in [0, 0.05) is 12.6 Å². The van der Waals surface area contributed by atoms with E-state index in [0.717, 1.165) is 25.8 Å². The molecule has 0 bridgehead atoms. The first-order valence-electron chi connectivity index (χ1n) is 6.42. The minimum Gasteiger partial charge on any atom is -0.353 e. The van der Waals surface area contributed by atoms with E-state index in [1.807, 2.05) is 12.2 Å². The lowest BCUT2D eigenvalue weighted by molar-refractivity contribution is -0.116. The van der Waals surface area contributed by atoms with E-state index in [2.05, 4.69) is 25.2 Å². The molecule has 0 fully saturated rings. The third-order valence-corrected chi connectivity index (χ3v) is 2.30. The number of rotatable bonds is 9. The van der Waals surface area contributed by atoms with Crippen molar-refractivity contribution in [3.63, 3.8) is 0 Å². The number of unbranched alkanes of at least 4 members (excludes halogenated alkanes) is 4. The molecule has 1 amide bonds. The Bertz CT molecular complexity index is 219. The summed E-state index contributed by atoms with van der Waals surface area (Å²) in [5.74, 6) is 0.00616. The molecule has 0 unspecified atom stereocenters. The lowest BCUT2D eigenvalue weighted by Gasteiger charge is -1.98. The van der Waals surface area contributed by atoms with Gasteiger partial charge in [-0.15, -0.1) is 0 Å². The summed E-state index contributed by atoms with van der Waals surface area (Å²) < 4.78 is 0. The smallest absolute Gasteiger partial charge is 0.243 e. The Labute approximate surface area is 99.8 Å². The first-order chi connectivity index (χ1) is 7.81. The van der Waals surface area contributed by atoms with E-state index in [4.69, 9.17) is 0 Å². The molecule has 0 aliphatic rings. The van der Waals surface area contributed by atoms with Crippen LogP contribution in [-0.4, -0.2) is 12.5 Å². The van der Waals surface area contributed by atoms with Crippen LogP contribution in [0.1, 0.15) is 52.4 Å². The van der Waals surface area contributed by atoms with Crippen molar-refractivity contribution in [1.29, 1.82) is 0 Å². The van der Waals surface area contributed by atoms with Gasteiger partial charge >= 0.3 is 0 Å². The van der Waals surface area contributed by atoms with Gasteiger partial charge in [0.1, 0.15) is 0 Å². The summed E-state index contributed by atoms with van der Waals surface area (Å²) in [6, 6.07) is 0. The van der Waals surface area contributed by atoms with Gasteiger partial charge in [0.05, 0.1) is 0 Å². The molecular formula is C14H25NO. The monoisotopic (exact) mass is 223 g/mol. The Morgan fingerprint density at radius 3 is 2.50 bits per heavy atom. The average molecular weight is 223 g/mol. The maximum Gasteiger partial charge on any atom is 0.243 e. The van der Waals surface area contributed by atoms with Gasteiger partial charge in [-0.3, -0.25) is 4.79 Å². The molecule has 92 valence electrons. The van der Waals surface area contributed by atoms with E-state index in [1.54, 1.807) is 6.08 Å². The maximum atomic E-state index is 11.2. The second-order valence-corrected chi connectivity index (χ2v) is 3.93. The van der Waals surface area contributed by atoms with Crippen LogP contribution in [0.4, 0.5) is 0 Å². The Balaban J connectivity index is 3.46. The third kappa shape index (κ3) is 11.0. The second-order valence-electron chi connectivity index (χ2n) is 3.93. The molecule has 0 saturated heterocycles. The molecule has 16 heavy (non-hydrogen) atoms. The van der Waals surface area contributed by atoms with Gasteiger partial charge < -0.3 is 5.32 Å². The van der Waals surface area contributed by atoms with Crippen molar-refractivity contribution in [1.82, 2.24) is 5.32 Å². The molecule has 0 aliphatic heterocycles. The highest BCUT2D eigenvalue weighted by atomic mass is 16.1. The standard InChI is InChI=1S/C14H25NO/c1-3-5-7-8-9-10-11-12-14(16)15-13-6-4-2/h9-12H,3-8,13H2,1-2H3,(H,15,16). The SMILES string of the molecule is CCCCCC=CC=CC(=O)NCCCC. The third-order valence-electron chi connectivity index (χ3n) is 2.30. The van der Waals surface area contributed by atoms with Crippen molar-refractivity contribution in [2.75, 3.05) is 6.54 Å². The van der Waals surface area contributed by atoms with E-state index < -0.39 is 0 Å². The molecule has 2 nitrogen and oxygen atoms in total. The highest BCUT2D eigenvalue weighted by Crippen LogP contribution is 1.99. The van der Waals surface area contributed by atoms with E-state index in [0.29, 0.717) is 0 Å². The fourth-order valence-electron chi connectivity index (χ4n) is 1.28. The number of allylic oxidation sites excluding steroid dienone is 3. The van der Waals surface area contributed by atoms with Crippen LogP contribution in [0.25, 0.3) is 0 Å². The summed E-state index contributed by atoms with van der Waals surface area (Å²) >= 11 is 0. The van der Waals surface area contributed by atoms with Gasteiger partial charge in [0.2, 0.25) is 5.91 Å². The van der Waals surface area contributed by atoms with Gasteiger partial charge in [-0.25, -0.2) is 0 Å². The van der Waals surface area contributed by atoms with Gasteiger partial charge in [0.15, 0.2) is 0 Å². The van der Waals surface area contributed by atoms with Crippen LogP contribution in [-0.2, 0) is 4.79 Å². The van der Waals surface area contributed by atoms with E-state index in [-0.39, 0.29) is 5.91 Å². The van der Waals surface area contributed by atoms with Gasteiger partial charge in [-0.2, -0.15) is 0 Å². The highest BCUT2D eigenvalue weighted by Gasteiger charge is 1.90. The molecule has 0 heterocycles. The van der Waals surface area contributed by atoms with Crippen molar-refractivity contribution in [3.05, 3.63) is 24.3 Å². The zero-order valence-electron chi connectivity index (χ0n) is 10.7. The van der Waals surface area contributed by atoms with Crippen LogP contribution in [0, 0.1) is 0 Å². The van der Waals surface area contributed by atoms with Crippen LogP contribution in [0.3, 0.4) is 0 Å². The van der Waals surface area contributed by atoms with Gasteiger partial charge in [0.25, 0.3) is 0 Å². The predicted octanol–water partition coefficient (Wildman–Crippen LogP) is 3.60. The van der Waals surface area contributed by atoms with Crippen molar-refractivity contribution >= 4 is 5.91 Å². The zero-order valence-corrected chi connectivity index (χ0v) is 10.7. The van der Waals surface area contributed by atoms with Crippen molar-refractivity contribution in [2.24, 2.45) is 0 Å². The summed E-state index contributed by atoms with van der Waals surface area (Å²) in [5, 5.41) is 2.84. The van der Waals surface area contributed by atoms with Crippen LogP contribution in [0.15, 0.2) is 24.3 Å². The fraction of sp³-hybridized carbons (Fsp3) is 0.643. The van der Waals surface area contributed by atoms with Crippen LogP contribution in [0.2, 0.25) is 0 Å². The van der Waals surface area contributed by atoms with Crippen molar-refractivity contribution < 1.29 is 4.79 Å². The Morgan fingerprint density at radius 2 is 1.81 bits per heavy atom. The first-order valence-corrected chi connectivity index (χ1v) is 6.42. The summed E-state index contributed by atoms with van der Waals surface area (Å²) in [7, 11) is 0. The number of hydrogen-bond donors (Lipinski definition) is 1. The maximum absolute atomic E-state index is 11.2. The lowest BCUT2D eigenvalue weighted by Crippen LogP contribution is -2.21. The van der Waals surface area contributed by atoms with Gasteiger partial charge in [-0.05, 0) is 19.3 Å². The van der Waals surface area contributed by atoms with Crippen molar-refractivity contribution in [2.45, 2.75) is 52.4 Å². The molecule has 2 heteroatoms. The molecule has 1 N–H and O–H groups in total. The predicted molar refractivity (Wildman–Crippen MR) is 70.3 cm³/mol. The summed E-state index contributed by atoms with van der Waals surface area (Å²) in [6.45, 7) is 5.09. The zero-order chi connectivity index (χ0) is 12.1. The molecule has 0 aromatic rings. The molecule has 0 saturated carbocycles. The topological polar surface area (TPSA) is 29.1 Å². The molecule has 0 aliphatic carbocycles. The summed E-state index contributed by atoms with van der Waals surface area (Å²) in [6.07, 6.45) is 14.5. The van der Waals surface area contributed by atoms with Crippen LogP contribution < -0.4 is 5.32 Å². The molecule has 0 atom stereocenters. The molecule has 0 aromatic heterocycles. The molecule has 0 spiro atoms. The average Bonchev–Trinajstić information content (AvgIpc) is 2.28. The number of carbonyl (C=O) groups excluding carboxylic acids is 1. The van der Waals surface area contributed by atoms with Crippen LogP contribution >= 0.6 is 0 Å². The number of hydrogen-bond acceptors (Lipinski definition) is 1.